The Bertz CT molecular complexity index is 546. The fraction of sp³-hybridized carbons (Fsp3) is 0.308. The first-order valence-corrected chi connectivity index (χ1v) is 6.87. The molecule has 0 aliphatic heterocycles. The van der Waals surface area contributed by atoms with Gasteiger partial charge in [0.25, 0.3) is 0 Å². The van der Waals surface area contributed by atoms with Crippen LogP contribution >= 0.6 is 27.5 Å². The number of hydrogen-bond donors (Lipinski definition) is 0. The van der Waals surface area contributed by atoms with Crippen LogP contribution in [0.3, 0.4) is 0 Å². The highest BCUT2D eigenvalue weighted by Crippen LogP contribution is 2.40. The highest BCUT2D eigenvalue weighted by atomic mass is 79.9. The van der Waals surface area contributed by atoms with Gasteiger partial charge in [0.15, 0.2) is 0 Å². The summed E-state index contributed by atoms with van der Waals surface area (Å²) in [5, 5.41) is 5.29. The van der Waals surface area contributed by atoms with Crippen molar-refractivity contribution in [1.82, 2.24) is 9.78 Å². The molecule has 2 nitrogen and oxygen atoms in total. The molecule has 1 fully saturated rings. The lowest BCUT2D eigenvalue weighted by Crippen LogP contribution is -2.02. The number of halogens is 2. The summed E-state index contributed by atoms with van der Waals surface area (Å²) < 4.78 is 2.96. The van der Waals surface area contributed by atoms with Crippen molar-refractivity contribution >= 4 is 27.5 Å². The molecule has 1 aliphatic carbocycles. The van der Waals surface area contributed by atoms with Gasteiger partial charge >= 0.3 is 0 Å². The molecule has 88 valence electrons. The van der Waals surface area contributed by atoms with Gasteiger partial charge in [-0.05, 0) is 36.6 Å². The average molecular weight is 312 g/mol. The van der Waals surface area contributed by atoms with Gasteiger partial charge in [-0.15, -0.1) is 0 Å². The SMILES string of the molecule is Clc1cc(C2CC2)nn1Cc1cccc(Br)c1. The van der Waals surface area contributed by atoms with Gasteiger partial charge in [-0.25, -0.2) is 4.68 Å². The monoisotopic (exact) mass is 310 g/mol. The predicted molar refractivity (Wildman–Crippen MR) is 72.5 cm³/mol. The number of rotatable bonds is 3. The second-order valence-electron chi connectivity index (χ2n) is 4.45. The molecule has 0 bridgehead atoms. The molecule has 2 aromatic rings. The molecule has 0 atom stereocenters. The Balaban J connectivity index is 1.84. The Morgan fingerprint density at radius 3 is 2.88 bits per heavy atom. The molecule has 17 heavy (non-hydrogen) atoms. The number of aromatic nitrogens is 2. The second-order valence-corrected chi connectivity index (χ2v) is 5.76. The molecule has 1 heterocycles. The lowest BCUT2D eigenvalue weighted by atomic mass is 10.2. The topological polar surface area (TPSA) is 17.8 Å². The lowest BCUT2D eigenvalue weighted by Gasteiger charge is -2.03. The molecule has 0 spiro atoms. The van der Waals surface area contributed by atoms with Gasteiger partial charge in [0.1, 0.15) is 5.15 Å². The summed E-state index contributed by atoms with van der Waals surface area (Å²) in [6.45, 7) is 0.727. The van der Waals surface area contributed by atoms with E-state index in [1.165, 1.54) is 18.4 Å². The van der Waals surface area contributed by atoms with Crippen LogP contribution in [0.2, 0.25) is 5.15 Å². The molecule has 0 N–H and O–H groups in total. The molecule has 1 aliphatic rings. The third kappa shape index (κ3) is 2.55. The first-order chi connectivity index (χ1) is 8.22. The zero-order chi connectivity index (χ0) is 11.8. The largest absolute Gasteiger partial charge is 0.249 e. The van der Waals surface area contributed by atoms with Crippen LogP contribution in [0.25, 0.3) is 0 Å². The van der Waals surface area contributed by atoms with Crippen molar-refractivity contribution in [3.8, 4) is 0 Å². The Labute approximate surface area is 114 Å². The van der Waals surface area contributed by atoms with E-state index >= 15 is 0 Å². The molecule has 0 amide bonds. The average Bonchev–Trinajstić information content (AvgIpc) is 3.06. The van der Waals surface area contributed by atoms with Crippen molar-refractivity contribution in [2.24, 2.45) is 0 Å². The maximum absolute atomic E-state index is 6.20. The quantitative estimate of drug-likeness (QED) is 0.829. The summed E-state index contributed by atoms with van der Waals surface area (Å²) in [6, 6.07) is 10.2. The molecule has 3 rings (SSSR count). The summed E-state index contributed by atoms with van der Waals surface area (Å²) in [4.78, 5) is 0. The fourth-order valence-electron chi connectivity index (χ4n) is 1.91. The first kappa shape index (κ1) is 11.3. The van der Waals surface area contributed by atoms with Crippen molar-refractivity contribution in [3.63, 3.8) is 0 Å². The molecule has 4 heteroatoms. The van der Waals surface area contributed by atoms with Gasteiger partial charge in [-0.2, -0.15) is 5.10 Å². The van der Waals surface area contributed by atoms with Crippen LogP contribution in [0.1, 0.15) is 30.0 Å². The standard InChI is InChI=1S/C13H12BrClN2/c14-11-3-1-2-9(6-11)8-17-13(15)7-12(16-17)10-4-5-10/h1-3,6-7,10H,4-5,8H2. The third-order valence-electron chi connectivity index (χ3n) is 2.97. The van der Waals surface area contributed by atoms with Crippen molar-refractivity contribution in [1.29, 1.82) is 0 Å². The molecular weight excluding hydrogens is 300 g/mol. The van der Waals surface area contributed by atoms with Crippen molar-refractivity contribution in [3.05, 3.63) is 51.2 Å². The lowest BCUT2D eigenvalue weighted by molar-refractivity contribution is 0.673. The van der Waals surface area contributed by atoms with E-state index in [0.29, 0.717) is 5.92 Å². The van der Waals surface area contributed by atoms with E-state index in [9.17, 15) is 0 Å². The molecule has 0 unspecified atom stereocenters. The van der Waals surface area contributed by atoms with Gasteiger partial charge in [0.05, 0.1) is 12.2 Å². The molecule has 1 aromatic heterocycles. The van der Waals surface area contributed by atoms with Crippen molar-refractivity contribution < 1.29 is 0 Å². The van der Waals surface area contributed by atoms with E-state index in [4.69, 9.17) is 11.6 Å². The number of nitrogens with zero attached hydrogens (tertiary/aromatic N) is 2. The Morgan fingerprint density at radius 1 is 1.35 bits per heavy atom. The fourth-order valence-corrected chi connectivity index (χ4v) is 2.57. The van der Waals surface area contributed by atoms with Crippen molar-refractivity contribution in [2.45, 2.75) is 25.3 Å². The van der Waals surface area contributed by atoms with Gasteiger partial charge in [0, 0.05) is 10.4 Å². The van der Waals surface area contributed by atoms with Gasteiger partial charge in [-0.1, -0.05) is 39.7 Å². The van der Waals surface area contributed by atoms with E-state index in [-0.39, 0.29) is 0 Å². The highest BCUT2D eigenvalue weighted by molar-refractivity contribution is 9.10. The van der Waals surface area contributed by atoms with E-state index in [1.54, 1.807) is 0 Å². The molecule has 0 radical (unpaired) electrons. The molecule has 1 aromatic carbocycles. The minimum atomic E-state index is 0.649. The predicted octanol–water partition coefficient (Wildman–Crippen LogP) is 4.22. The van der Waals surface area contributed by atoms with Gasteiger partial charge in [0.2, 0.25) is 0 Å². The molecule has 1 saturated carbocycles. The molecular formula is C13H12BrClN2. The highest BCUT2D eigenvalue weighted by Gasteiger charge is 2.26. The van der Waals surface area contributed by atoms with E-state index < -0.39 is 0 Å². The Hall–Kier alpha value is -0.800. The van der Waals surface area contributed by atoms with Crippen LogP contribution in [-0.4, -0.2) is 9.78 Å². The summed E-state index contributed by atoms with van der Waals surface area (Å²) in [5.41, 5.74) is 2.34. The van der Waals surface area contributed by atoms with Crippen LogP contribution in [0.4, 0.5) is 0 Å². The molecule has 0 saturated heterocycles. The first-order valence-electron chi connectivity index (χ1n) is 5.70. The zero-order valence-electron chi connectivity index (χ0n) is 9.24. The summed E-state index contributed by atoms with van der Waals surface area (Å²) in [6.07, 6.45) is 2.51. The smallest absolute Gasteiger partial charge is 0.127 e. The Kier molecular flexibility index (Phi) is 2.97. The maximum Gasteiger partial charge on any atom is 0.127 e. The third-order valence-corrected chi connectivity index (χ3v) is 3.76. The van der Waals surface area contributed by atoms with E-state index in [1.807, 2.05) is 22.9 Å². The maximum atomic E-state index is 6.20. The van der Waals surface area contributed by atoms with Crippen LogP contribution in [-0.2, 0) is 6.54 Å². The van der Waals surface area contributed by atoms with E-state index in [2.05, 4.69) is 33.2 Å². The Morgan fingerprint density at radius 2 is 2.18 bits per heavy atom. The normalized spacial score (nSPS) is 15.2. The summed E-state index contributed by atoms with van der Waals surface area (Å²) in [7, 11) is 0. The minimum Gasteiger partial charge on any atom is -0.249 e. The summed E-state index contributed by atoms with van der Waals surface area (Å²) in [5.74, 6) is 0.649. The summed E-state index contributed by atoms with van der Waals surface area (Å²) >= 11 is 9.67. The number of benzene rings is 1. The van der Waals surface area contributed by atoms with Crippen molar-refractivity contribution in [2.75, 3.05) is 0 Å². The minimum absolute atomic E-state index is 0.649. The van der Waals surface area contributed by atoms with Crippen LogP contribution in [0.5, 0.6) is 0 Å². The van der Waals surface area contributed by atoms with Crippen LogP contribution in [0, 0.1) is 0 Å². The zero-order valence-corrected chi connectivity index (χ0v) is 11.6. The van der Waals surface area contributed by atoms with Gasteiger partial charge in [-0.3, -0.25) is 0 Å². The van der Waals surface area contributed by atoms with E-state index in [0.717, 1.165) is 21.9 Å². The van der Waals surface area contributed by atoms with Crippen LogP contribution < -0.4 is 0 Å². The van der Waals surface area contributed by atoms with Crippen LogP contribution in [0.15, 0.2) is 34.8 Å². The number of hydrogen-bond acceptors (Lipinski definition) is 1. The van der Waals surface area contributed by atoms with Gasteiger partial charge < -0.3 is 0 Å². The second kappa shape index (κ2) is 4.46.